The molecule has 1 aliphatic rings. The van der Waals surface area contributed by atoms with Crippen LogP contribution >= 0.6 is 11.6 Å². The predicted octanol–water partition coefficient (Wildman–Crippen LogP) is 1.88. The van der Waals surface area contributed by atoms with E-state index in [1.165, 1.54) is 12.3 Å². The van der Waals surface area contributed by atoms with Crippen molar-refractivity contribution in [3.8, 4) is 0 Å². The second kappa shape index (κ2) is 5.33. The Labute approximate surface area is 104 Å². The lowest BCUT2D eigenvalue weighted by atomic mass is 10.1. The molecule has 17 heavy (non-hydrogen) atoms. The largest absolute Gasteiger partial charge is 0.478 e. The second-order valence-corrected chi connectivity index (χ2v) is 4.37. The summed E-state index contributed by atoms with van der Waals surface area (Å²) in [5.74, 6) is -0.0656. The molecule has 0 bridgehead atoms. The number of rotatable bonds is 4. The number of hydrogen-bond donors (Lipinski definition) is 2. The number of carboxylic acid groups (broad SMARTS) is 1. The first-order chi connectivity index (χ1) is 8.16. The van der Waals surface area contributed by atoms with Crippen molar-refractivity contribution >= 4 is 23.4 Å². The molecule has 0 aliphatic carbocycles. The molecular weight excluding hydrogens is 244 g/mol. The number of carbonyl (C=O) groups is 1. The SMILES string of the molecule is O=C(O)c1cc(NCC2CCOC2)ncc1Cl. The Morgan fingerprint density at radius 1 is 1.71 bits per heavy atom. The summed E-state index contributed by atoms with van der Waals surface area (Å²) in [7, 11) is 0. The van der Waals surface area contributed by atoms with Crippen LogP contribution in [0.15, 0.2) is 12.3 Å². The molecule has 1 aromatic heterocycles. The van der Waals surface area contributed by atoms with E-state index in [9.17, 15) is 4.79 Å². The number of nitrogens with zero attached hydrogens (tertiary/aromatic N) is 1. The van der Waals surface area contributed by atoms with E-state index in [0.29, 0.717) is 11.7 Å². The maximum Gasteiger partial charge on any atom is 0.337 e. The number of carboxylic acids is 1. The average Bonchev–Trinajstić information content (AvgIpc) is 2.80. The summed E-state index contributed by atoms with van der Waals surface area (Å²) in [4.78, 5) is 14.9. The molecule has 1 aliphatic heterocycles. The van der Waals surface area contributed by atoms with E-state index in [0.717, 1.165) is 26.2 Å². The second-order valence-electron chi connectivity index (χ2n) is 3.97. The Morgan fingerprint density at radius 3 is 3.18 bits per heavy atom. The summed E-state index contributed by atoms with van der Waals surface area (Å²) in [6.45, 7) is 2.26. The van der Waals surface area contributed by atoms with Crippen LogP contribution in [0.3, 0.4) is 0 Å². The molecule has 0 spiro atoms. The molecule has 0 amide bonds. The van der Waals surface area contributed by atoms with Crippen molar-refractivity contribution in [2.24, 2.45) is 5.92 Å². The minimum absolute atomic E-state index is 0.0619. The topological polar surface area (TPSA) is 71.5 Å². The number of aromatic carboxylic acids is 1. The summed E-state index contributed by atoms with van der Waals surface area (Å²) in [5.41, 5.74) is 0.0619. The standard InChI is InChI=1S/C11H13ClN2O3/c12-9-5-14-10(3-8(9)11(15)16)13-4-7-1-2-17-6-7/h3,5,7H,1-2,4,6H2,(H,13,14)(H,15,16). The van der Waals surface area contributed by atoms with Gasteiger partial charge in [0.25, 0.3) is 0 Å². The third-order valence-corrected chi connectivity index (χ3v) is 2.98. The van der Waals surface area contributed by atoms with Crippen LogP contribution in [-0.4, -0.2) is 35.8 Å². The number of nitrogens with one attached hydrogen (secondary N) is 1. The van der Waals surface area contributed by atoms with Gasteiger partial charge in [-0.15, -0.1) is 0 Å². The molecule has 0 radical (unpaired) electrons. The molecule has 1 unspecified atom stereocenters. The van der Waals surface area contributed by atoms with Crippen molar-refractivity contribution in [1.29, 1.82) is 0 Å². The van der Waals surface area contributed by atoms with Crippen molar-refractivity contribution in [1.82, 2.24) is 4.98 Å². The minimum Gasteiger partial charge on any atom is -0.478 e. The fraction of sp³-hybridized carbons (Fsp3) is 0.455. The van der Waals surface area contributed by atoms with Crippen LogP contribution in [0.1, 0.15) is 16.8 Å². The van der Waals surface area contributed by atoms with E-state index in [-0.39, 0.29) is 10.6 Å². The van der Waals surface area contributed by atoms with Gasteiger partial charge >= 0.3 is 5.97 Å². The van der Waals surface area contributed by atoms with Gasteiger partial charge in [-0.25, -0.2) is 9.78 Å². The lowest BCUT2D eigenvalue weighted by Gasteiger charge is -2.10. The maximum atomic E-state index is 10.9. The van der Waals surface area contributed by atoms with E-state index < -0.39 is 5.97 Å². The average molecular weight is 257 g/mol. The van der Waals surface area contributed by atoms with Crippen LogP contribution in [0.25, 0.3) is 0 Å². The van der Waals surface area contributed by atoms with Crippen molar-refractivity contribution < 1.29 is 14.6 Å². The molecule has 5 nitrogen and oxygen atoms in total. The van der Waals surface area contributed by atoms with Crippen LogP contribution in [-0.2, 0) is 4.74 Å². The van der Waals surface area contributed by atoms with Gasteiger partial charge in [-0.2, -0.15) is 0 Å². The number of hydrogen-bond acceptors (Lipinski definition) is 4. The summed E-state index contributed by atoms with van der Waals surface area (Å²) < 4.78 is 5.25. The molecule has 6 heteroatoms. The summed E-state index contributed by atoms with van der Waals surface area (Å²) >= 11 is 5.73. The zero-order valence-corrected chi connectivity index (χ0v) is 9.91. The Morgan fingerprint density at radius 2 is 2.53 bits per heavy atom. The number of halogens is 1. The van der Waals surface area contributed by atoms with E-state index in [2.05, 4.69) is 10.3 Å². The molecule has 2 N–H and O–H groups in total. The summed E-state index contributed by atoms with van der Waals surface area (Å²) in [5, 5.41) is 12.2. The monoisotopic (exact) mass is 256 g/mol. The van der Waals surface area contributed by atoms with E-state index in [1.807, 2.05) is 0 Å². The highest BCUT2D eigenvalue weighted by atomic mass is 35.5. The van der Waals surface area contributed by atoms with Crippen molar-refractivity contribution in [2.75, 3.05) is 25.1 Å². The fourth-order valence-corrected chi connectivity index (χ4v) is 1.88. The number of ether oxygens (including phenoxy) is 1. The Hall–Kier alpha value is -1.33. The fourth-order valence-electron chi connectivity index (χ4n) is 1.69. The number of aromatic nitrogens is 1. The zero-order chi connectivity index (χ0) is 12.3. The van der Waals surface area contributed by atoms with E-state index in [4.69, 9.17) is 21.4 Å². The molecule has 1 aromatic rings. The molecule has 0 aromatic carbocycles. The van der Waals surface area contributed by atoms with Gasteiger partial charge in [0.05, 0.1) is 17.2 Å². The normalized spacial score (nSPS) is 19.2. The number of anilines is 1. The molecular formula is C11H13ClN2O3. The van der Waals surface area contributed by atoms with Crippen LogP contribution in [0.4, 0.5) is 5.82 Å². The molecule has 1 fully saturated rings. The van der Waals surface area contributed by atoms with Crippen molar-refractivity contribution in [3.05, 3.63) is 22.8 Å². The highest BCUT2D eigenvalue weighted by Gasteiger charge is 2.16. The summed E-state index contributed by atoms with van der Waals surface area (Å²) in [6.07, 6.45) is 2.37. The van der Waals surface area contributed by atoms with Gasteiger partial charge in [-0.3, -0.25) is 0 Å². The molecule has 92 valence electrons. The highest BCUT2D eigenvalue weighted by molar-refractivity contribution is 6.33. The Kier molecular flexibility index (Phi) is 3.81. The van der Waals surface area contributed by atoms with Crippen molar-refractivity contribution in [2.45, 2.75) is 6.42 Å². The first-order valence-corrected chi connectivity index (χ1v) is 5.75. The maximum absolute atomic E-state index is 10.9. The van der Waals surface area contributed by atoms with Crippen LogP contribution in [0, 0.1) is 5.92 Å². The lowest BCUT2D eigenvalue weighted by molar-refractivity contribution is 0.0697. The van der Waals surface area contributed by atoms with Crippen LogP contribution < -0.4 is 5.32 Å². The van der Waals surface area contributed by atoms with E-state index in [1.54, 1.807) is 0 Å². The first-order valence-electron chi connectivity index (χ1n) is 5.37. The van der Waals surface area contributed by atoms with E-state index >= 15 is 0 Å². The van der Waals surface area contributed by atoms with Gasteiger partial charge in [0, 0.05) is 25.3 Å². The van der Waals surface area contributed by atoms with Gasteiger partial charge in [0.15, 0.2) is 0 Å². The first kappa shape index (κ1) is 12.1. The molecule has 1 saturated heterocycles. The Bertz CT molecular complexity index is 419. The lowest BCUT2D eigenvalue weighted by Crippen LogP contribution is -2.15. The molecule has 1 atom stereocenters. The van der Waals surface area contributed by atoms with Gasteiger partial charge in [0.2, 0.25) is 0 Å². The third kappa shape index (κ3) is 3.08. The quantitative estimate of drug-likeness (QED) is 0.861. The molecule has 2 rings (SSSR count). The third-order valence-electron chi connectivity index (χ3n) is 2.68. The molecule has 2 heterocycles. The smallest absolute Gasteiger partial charge is 0.337 e. The van der Waals surface area contributed by atoms with Gasteiger partial charge < -0.3 is 15.2 Å². The van der Waals surface area contributed by atoms with Gasteiger partial charge in [0.1, 0.15) is 5.82 Å². The Balaban J connectivity index is 2.00. The molecule has 0 saturated carbocycles. The minimum atomic E-state index is -1.05. The van der Waals surface area contributed by atoms with Crippen molar-refractivity contribution in [3.63, 3.8) is 0 Å². The van der Waals surface area contributed by atoms with Gasteiger partial charge in [-0.1, -0.05) is 11.6 Å². The zero-order valence-electron chi connectivity index (χ0n) is 9.15. The number of pyridine rings is 1. The van der Waals surface area contributed by atoms with Gasteiger partial charge in [-0.05, 0) is 12.5 Å². The van der Waals surface area contributed by atoms with Crippen LogP contribution in [0.2, 0.25) is 5.02 Å². The van der Waals surface area contributed by atoms with Crippen LogP contribution in [0.5, 0.6) is 0 Å². The predicted molar refractivity (Wildman–Crippen MR) is 63.6 cm³/mol. The summed E-state index contributed by atoms with van der Waals surface area (Å²) in [6, 6.07) is 1.44. The highest BCUT2D eigenvalue weighted by Crippen LogP contribution is 2.19.